The Bertz CT molecular complexity index is 562. The van der Waals surface area contributed by atoms with E-state index in [9.17, 15) is 10.2 Å². The molecule has 20 heavy (non-hydrogen) atoms. The molecule has 0 bridgehead atoms. The van der Waals surface area contributed by atoms with Crippen LogP contribution in [0.5, 0.6) is 11.5 Å². The third-order valence-electron chi connectivity index (χ3n) is 3.36. The molecule has 0 radical (unpaired) electrons. The van der Waals surface area contributed by atoms with Crippen molar-refractivity contribution in [2.75, 3.05) is 0 Å². The van der Waals surface area contributed by atoms with Crippen LogP contribution in [0.3, 0.4) is 0 Å². The summed E-state index contributed by atoms with van der Waals surface area (Å²) < 4.78 is 0. The topological polar surface area (TPSA) is 52.5 Å². The van der Waals surface area contributed by atoms with Gasteiger partial charge >= 0.3 is 0 Å². The third kappa shape index (κ3) is 3.75. The molecule has 0 fully saturated rings. The number of hydrogen-bond acceptors (Lipinski definition) is 3. The first kappa shape index (κ1) is 14.4. The zero-order chi connectivity index (χ0) is 14.5. The van der Waals surface area contributed by atoms with Gasteiger partial charge in [0.05, 0.1) is 0 Å². The average Bonchev–Trinajstić information content (AvgIpc) is 2.42. The lowest BCUT2D eigenvalue weighted by Gasteiger charge is -2.09. The van der Waals surface area contributed by atoms with E-state index in [1.54, 1.807) is 12.1 Å². The highest BCUT2D eigenvalue weighted by Gasteiger charge is 2.02. The van der Waals surface area contributed by atoms with Crippen molar-refractivity contribution in [1.82, 2.24) is 5.32 Å². The molecule has 106 valence electrons. The summed E-state index contributed by atoms with van der Waals surface area (Å²) in [7, 11) is 0. The van der Waals surface area contributed by atoms with E-state index in [0.29, 0.717) is 12.5 Å². The van der Waals surface area contributed by atoms with E-state index >= 15 is 0 Å². The maximum atomic E-state index is 9.69. The van der Waals surface area contributed by atoms with Gasteiger partial charge in [0.25, 0.3) is 0 Å². The van der Waals surface area contributed by atoms with E-state index in [4.69, 9.17) is 0 Å². The fourth-order valence-corrected chi connectivity index (χ4v) is 2.06. The van der Waals surface area contributed by atoms with Crippen molar-refractivity contribution in [1.29, 1.82) is 0 Å². The van der Waals surface area contributed by atoms with Gasteiger partial charge in [0.2, 0.25) is 0 Å². The van der Waals surface area contributed by atoms with Crippen LogP contribution in [0, 0.1) is 0 Å². The molecule has 0 spiro atoms. The summed E-state index contributed by atoms with van der Waals surface area (Å²) >= 11 is 0. The van der Waals surface area contributed by atoms with Crippen molar-refractivity contribution in [2.45, 2.75) is 32.9 Å². The lowest BCUT2D eigenvalue weighted by Crippen LogP contribution is -2.12. The quantitative estimate of drug-likeness (QED) is 0.780. The minimum absolute atomic E-state index is 0.0792. The van der Waals surface area contributed by atoms with Crippen LogP contribution in [-0.2, 0) is 13.1 Å². The molecule has 3 heteroatoms. The number of nitrogens with one attached hydrogen (secondary N) is 1. The molecule has 0 aliphatic rings. The summed E-state index contributed by atoms with van der Waals surface area (Å²) in [4.78, 5) is 0. The van der Waals surface area contributed by atoms with Crippen molar-refractivity contribution in [3.05, 3.63) is 59.2 Å². The smallest absolute Gasteiger partial charge is 0.123 e. The minimum atomic E-state index is 0.0792. The Morgan fingerprint density at radius 2 is 1.65 bits per heavy atom. The van der Waals surface area contributed by atoms with Crippen LogP contribution in [-0.4, -0.2) is 10.2 Å². The number of hydrogen-bond donors (Lipinski definition) is 3. The molecule has 3 nitrogen and oxygen atoms in total. The first-order valence-electron chi connectivity index (χ1n) is 6.86. The predicted octanol–water partition coefficient (Wildman–Crippen LogP) is 3.51. The zero-order valence-electron chi connectivity index (χ0n) is 11.9. The maximum absolute atomic E-state index is 9.69. The highest BCUT2D eigenvalue weighted by molar-refractivity contribution is 5.38. The number of rotatable bonds is 5. The first-order chi connectivity index (χ1) is 9.56. The fraction of sp³-hybridized carbons (Fsp3) is 0.294. The lowest BCUT2D eigenvalue weighted by atomic mass is 10.0. The molecule has 3 N–H and O–H groups in total. The van der Waals surface area contributed by atoms with Crippen LogP contribution in [0.1, 0.15) is 36.5 Å². The Labute approximate surface area is 119 Å². The maximum Gasteiger partial charge on any atom is 0.123 e. The summed E-state index contributed by atoms with van der Waals surface area (Å²) in [6, 6.07) is 13.2. The molecule has 2 aromatic rings. The standard InChI is InChI=1S/C17H21NO2/c1-12(2)14-5-3-13(4-6-14)10-18-11-15-7-8-16(19)9-17(15)20/h3-9,12,18-20H,10-11H2,1-2H3. The van der Waals surface area contributed by atoms with Crippen LogP contribution in [0.2, 0.25) is 0 Å². The SMILES string of the molecule is CC(C)c1ccc(CNCc2ccc(O)cc2O)cc1. The number of phenols is 2. The molecule has 0 atom stereocenters. The molecule has 0 saturated carbocycles. The number of benzene rings is 2. The van der Waals surface area contributed by atoms with Gasteiger partial charge in [0.15, 0.2) is 0 Å². The molecule has 0 saturated heterocycles. The molecule has 0 unspecified atom stereocenters. The second-order valence-corrected chi connectivity index (χ2v) is 5.31. The first-order valence-corrected chi connectivity index (χ1v) is 6.86. The Hall–Kier alpha value is -2.00. The van der Waals surface area contributed by atoms with Gasteiger partial charge in [-0.15, -0.1) is 0 Å². The summed E-state index contributed by atoms with van der Waals surface area (Å²) in [6.45, 7) is 5.68. The molecule has 0 aromatic heterocycles. The summed E-state index contributed by atoms with van der Waals surface area (Å²) in [6.07, 6.45) is 0. The van der Waals surface area contributed by atoms with E-state index in [2.05, 4.69) is 43.4 Å². The highest BCUT2D eigenvalue weighted by Crippen LogP contribution is 2.22. The Morgan fingerprint density at radius 3 is 2.25 bits per heavy atom. The summed E-state index contributed by atoms with van der Waals surface area (Å²) in [5, 5.41) is 22.2. The van der Waals surface area contributed by atoms with Crippen LogP contribution in [0.15, 0.2) is 42.5 Å². The second-order valence-electron chi connectivity index (χ2n) is 5.31. The van der Waals surface area contributed by atoms with Gasteiger partial charge in [-0.25, -0.2) is 0 Å². The molecule has 2 rings (SSSR count). The van der Waals surface area contributed by atoms with E-state index in [1.165, 1.54) is 17.2 Å². The minimum Gasteiger partial charge on any atom is -0.508 e. The average molecular weight is 271 g/mol. The molecular weight excluding hydrogens is 250 g/mol. The second kappa shape index (κ2) is 6.44. The molecule has 0 aliphatic carbocycles. The summed E-state index contributed by atoms with van der Waals surface area (Å²) in [5.41, 5.74) is 3.33. The van der Waals surface area contributed by atoms with Crippen molar-refractivity contribution < 1.29 is 10.2 Å². The molecular formula is C17H21NO2. The van der Waals surface area contributed by atoms with Crippen molar-refractivity contribution in [3.63, 3.8) is 0 Å². The van der Waals surface area contributed by atoms with Crippen LogP contribution < -0.4 is 5.32 Å². The van der Waals surface area contributed by atoms with E-state index in [0.717, 1.165) is 12.1 Å². The van der Waals surface area contributed by atoms with Crippen LogP contribution >= 0.6 is 0 Å². The van der Waals surface area contributed by atoms with Crippen LogP contribution in [0.4, 0.5) is 0 Å². The van der Waals surface area contributed by atoms with Crippen molar-refractivity contribution >= 4 is 0 Å². The van der Waals surface area contributed by atoms with Gasteiger partial charge in [-0.1, -0.05) is 44.2 Å². The largest absolute Gasteiger partial charge is 0.508 e. The van der Waals surface area contributed by atoms with Crippen molar-refractivity contribution in [2.24, 2.45) is 0 Å². The molecule has 0 amide bonds. The van der Waals surface area contributed by atoms with E-state index < -0.39 is 0 Å². The van der Waals surface area contributed by atoms with Gasteiger partial charge in [-0.05, 0) is 23.1 Å². The van der Waals surface area contributed by atoms with Gasteiger partial charge < -0.3 is 15.5 Å². The van der Waals surface area contributed by atoms with E-state index in [-0.39, 0.29) is 11.5 Å². The number of aromatic hydroxyl groups is 2. The third-order valence-corrected chi connectivity index (χ3v) is 3.36. The summed E-state index contributed by atoms with van der Waals surface area (Å²) in [5.74, 6) is 0.745. The molecule has 0 heterocycles. The predicted molar refractivity (Wildman–Crippen MR) is 80.8 cm³/mol. The zero-order valence-corrected chi connectivity index (χ0v) is 11.9. The molecule has 2 aromatic carbocycles. The van der Waals surface area contributed by atoms with Gasteiger partial charge in [0, 0.05) is 24.7 Å². The van der Waals surface area contributed by atoms with Crippen LogP contribution in [0.25, 0.3) is 0 Å². The Morgan fingerprint density at radius 1 is 0.950 bits per heavy atom. The van der Waals surface area contributed by atoms with Gasteiger partial charge in [-0.2, -0.15) is 0 Å². The molecule has 0 aliphatic heterocycles. The van der Waals surface area contributed by atoms with Gasteiger partial charge in [0.1, 0.15) is 11.5 Å². The van der Waals surface area contributed by atoms with E-state index in [1.807, 2.05) is 0 Å². The number of phenolic OH excluding ortho intramolecular Hbond substituents is 2. The highest BCUT2D eigenvalue weighted by atomic mass is 16.3. The Balaban J connectivity index is 1.89. The monoisotopic (exact) mass is 271 g/mol. The normalized spacial score (nSPS) is 10.9. The van der Waals surface area contributed by atoms with Gasteiger partial charge in [-0.3, -0.25) is 0 Å². The fourth-order valence-electron chi connectivity index (χ4n) is 2.06. The lowest BCUT2D eigenvalue weighted by molar-refractivity contribution is 0.443. The van der Waals surface area contributed by atoms with Crippen molar-refractivity contribution in [3.8, 4) is 11.5 Å². The Kier molecular flexibility index (Phi) is 4.64.